The zero-order chi connectivity index (χ0) is 66.6. The summed E-state index contributed by atoms with van der Waals surface area (Å²) < 4.78 is 104. The molecule has 0 radical (unpaired) electrons. The van der Waals surface area contributed by atoms with E-state index in [9.17, 15) is 0 Å². The normalized spacial score (nSPS) is 14.2. The van der Waals surface area contributed by atoms with Crippen molar-refractivity contribution in [3.63, 3.8) is 0 Å². The molecule has 13 rings (SSSR count). The molecule has 0 fully saturated rings. The predicted molar refractivity (Wildman–Crippen MR) is 349 cm³/mol. The molecule has 0 N–H and O–H groups in total. The SMILES string of the molecule is [2H]c1c([2H])c([2H])c(-c2cccc(-c3c([2H])c([2H])c([2H])c([2H])c3[2H])c2N2[CH-]N(c3[c-]c(Oc4[c-]c5c(cc4)c4ccccc4n5-c4cc(Oc5c(-c6ccc(C(C)(C)C)cc6)cc(C(C)(C)C)cc5-c5ccc(C(C)(C)C)cc5)ccn4)ccc3)c3ccccc32)c([2H])c1[2H].[Pt]. The Morgan fingerprint density at radius 2 is 1.00 bits per heavy atom. The van der Waals surface area contributed by atoms with Crippen molar-refractivity contribution in [2.75, 3.05) is 9.80 Å². The van der Waals surface area contributed by atoms with E-state index in [0.29, 0.717) is 45.6 Å². The number of rotatable bonds is 11. The third-order valence-electron chi connectivity index (χ3n) is 15.5. The Morgan fingerprint density at radius 3 is 1.59 bits per heavy atom. The Labute approximate surface area is 529 Å². The summed E-state index contributed by atoms with van der Waals surface area (Å²) in [6.07, 6.45) is 1.77. The Kier molecular flexibility index (Phi) is 12.1. The van der Waals surface area contributed by atoms with Crippen LogP contribution in [0.4, 0.5) is 22.7 Å². The summed E-state index contributed by atoms with van der Waals surface area (Å²) in [5, 5.41) is 1.90. The largest absolute Gasteiger partial charge is 0.509 e. The maximum absolute atomic E-state index is 9.12. The maximum Gasteiger partial charge on any atom is 0.143 e. The molecule has 10 aromatic carbocycles. The van der Waals surface area contributed by atoms with Gasteiger partial charge in [-0.05, 0) is 97.0 Å². The van der Waals surface area contributed by atoms with Crippen LogP contribution in [0, 0.1) is 18.8 Å². The number of anilines is 4. The average molecular weight is 1300 g/mol. The summed E-state index contributed by atoms with van der Waals surface area (Å²) in [6.45, 7) is 21.8. The fourth-order valence-corrected chi connectivity index (χ4v) is 11.0. The van der Waals surface area contributed by atoms with Crippen molar-refractivity contribution in [3.05, 3.63) is 272 Å². The number of ether oxygens (including phenoxy) is 2. The van der Waals surface area contributed by atoms with E-state index in [1.807, 2.05) is 77.7 Å². The molecule has 2 aromatic heterocycles. The number of para-hydroxylation sites is 4. The molecule has 0 aliphatic carbocycles. The van der Waals surface area contributed by atoms with Gasteiger partial charge in [-0.2, -0.15) is 12.1 Å². The van der Waals surface area contributed by atoms with Gasteiger partial charge in [0.1, 0.15) is 17.3 Å². The molecule has 0 spiro atoms. The second-order valence-corrected chi connectivity index (χ2v) is 24.2. The van der Waals surface area contributed by atoms with E-state index in [-0.39, 0.29) is 65.3 Å². The number of hydrogen-bond donors (Lipinski definition) is 0. The van der Waals surface area contributed by atoms with Gasteiger partial charge in [-0.15, -0.1) is 48.1 Å². The fourth-order valence-electron chi connectivity index (χ4n) is 11.0. The first-order valence-corrected chi connectivity index (χ1v) is 28.2. The van der Waals surface area contributed by atoms with E-state index < -0.39 is 60.4 Å². The monoisotopic (exact) mass is 1300 g/mol. The molecule has 0 saturated carbocycles. The number of pyridine rings is 1. The smallest absolute Gasteiger partial charge is 0.143 e. The van der Waals surface area contributed by atoms with Crippen molar-refractivity contribution < 1.29 is 44.2 Å². The van der Waals surface area contributed by atoms with Crippen LogP contribution < -0.4 is 19.3 Å². The second-order valence-electron chi connectivity index (χ2n) is 24.2. The third-order valence-corrected chi connectivity index (χ3v) is 15.5. The first kappa shape index (κ1) is 45.5. The van der Waals surface area contributed by atoms with Gasteiger partial charge in [0, 0.05) is 89.7 Å². The molecule has 3 heterocycles. The van der Waals surface area contributed by atoms with Crippen LogP contribution >= 0.6 is 0 Å². The summed E-state index contributed by atoms with van der Waals surface area (Å²) in [5.74, 6) is 2.64. The van der Waals surface area contributed by atoms with Gasteiger partial charge in [-0.1, -0.05) is 225 Å². The number of hydrogen-bond acceptors (Lipinski definition) is 5. The minimum absolute atomic E-state index is 0. The quantitative estimate of drug-likeness (QED) is 0.121. The van der Waals surface area contributed by atoms with Crippen LogP contribution in [0.15, 0.2) is 236 Å². The van der Waals surface area contributed by atoms with E-state index in [2.05, 4.69) is 152 Å². The van der Waals surface area contributed by atoms with E-state index in [4.69, 9.17) is 28.2 Å². The zero-order valence-electron chi connectivity index (χ0n) is 58.7. The van der Waals surface area contributed by atoms with Crippen LogP contribution in [0.25, 0.3) is 72.1 Å². The summed E-state index contributed by atoms with van der Waals surface area (Å²) in [6, 6.07) is 57.6. The molecule has 0 amide bonds. The first-order valence-electron chi connectivity index (χ1n) is 33.2. The van der Waals surface area contributed by atoms with Crippen LogP contribution in [-0.2, 0) is 37.3 Å². The van der Waals surface area contributed by atoms with E-state index >= 15 is 0 Å². The molecule has 0 bridgehead atoms. The molecule has 0 saturated heterocycles. The topological polar surface area (TPSA) is 42.8 Å². The summed E-state index contributed by atoms with van der Waals surface area (Å²) in [7, 11) is 0. The van der Waals surface area contributed by atoms with E-state index in [1.54, 1.807) is 42.0 Å². The Morgan fingerprint density at radius 1 is 0.459 bits per heavy atom. The van der Waals surface area contributed by atoms with Gasteiger partial charge in [-0.25, -0.2) is 4.98 Å². The standard InChI is InChI=1S/C78H67N4O2.Pt/c1-76(2,3)56-38-34-54(35-39-56)67-46-58(78(7,8)9)47-68(55-36-40-57(41-37-55)77(4,5)6)75(67)84-62-44-45-79-73(50-62)82-69-31-17-16-28-65(69)66-43-42-61(49-72(66)82)83-60-27-20-26-59(48-60)80-51-81(71-33-19-18-32-70(71)80)74-63(52-22-12-10-13-23-52)29-21-30-64(74)53-24-14-11-15-25-53;/h10-47,50-51H,1-9H3;/q-3;/i10D,11D,12D,13D,14D,15D,22D,23D,24D,25D;. The summed E-state index contributed by atoms with van der Waals surface area (Å²) in [5.41, 5.74) is 11.0. The fraction of sp³-hybridized carbons (Fsp3) is 0.154. The molecule has 424 valence electrons. The van der Waals surface area contributed by atoms with Crippen molar-refractivity contribution in [2.24, 2.45) is 0 Å². The molecule has 85 heavy (non-hydrogen) atoms. The molecule has 0 unspecified atom stereocenters. The van der Waals surface area contributed by atoms with Gasteiger partial charge in [0.25, 0.3) is 0 Å². The molecular weight excluding hydrogens is 1220 g/mol. The molecule has 12 aromatic rings. The number of aromatic nitrogens is 2. The maximum atomic E-state index is 9.12. The van der Waals surface area contributed by atoms with Gasteiger partial charge >= 0.3 is 0 Å². The van der Waals surface area contributed by atoms with Gasteiger partial charge in [0.15, 0.2) is 0 Å². The van der Waals surface area contributed by atoms with E-state index in [1.165, 1.54) is 16.7 Å². The van der Waals surface area contributed by atoms with E-state index in [0.717, 1.165) is 44.3 Å². The molecule has 1 aliphatic heterocycles. The van der Waals surface area contributed by atoms with Crippen molar-refractivity contribution >= 4 is 44.6 Å². The molecule has 1 aliphatic rings. The Balaban J connectivity index is 0.00000864. The summed E-state index contributed by atoms with van der Waals surface area (Å²) in [4.78, 5) is 8.61. The van der Waals surface area contributed by atoms with Crippen molar-refractivity contribution in [2.45, 2.75) is 78.6 Å². The van der Waals surface area contributed by atoms with Crippen LogP contribution in [-0.4, -0.2) is 9.55 Å². The number of benzene rings is 10. The number of nitrogens with zero attached hydrogens (tertiary/aromatic N) is 4. The zero-order valence-corrected chi connectivity index (χ0v) is 51.0. The predicted octanol–water partition coefficient (Wildman–Crippen LogP) is 21.3. The Hall–Kier alpha value is -8.96. The summed E-state index contributed by atoms with van der Waals surface area (Å²) >= 11 is 0. The first-order chi connectivity index (χ1) is 44.7. The minimum atomic E-state index is -0.574. The number of fused-ring (bicyclic) bond motifs is 4. The van der Waals surface area contributed by atoms with Crippen molar-refractivity contribution in [1.29, 1.82) is 0 Å². The van der Waals surface area contributed by atoms with Crippen LogP contribution in [0.5, 0.6) is 23.0 Å². The van der Waals surface area contributed by atoms with Crippen LogP contribution in [0.2, 0.25) is 0 Å². The third kappa shape index (κ3) is 11.1. The van der Waals surface area contributed by atoms with Crippen LogP contribution in [0.1, 0.15) is 92.7 Å². The minimum Gasteiger partial charge on any atom is -0.509 e. The van der Waals surface area contributed by atoms with Crippen molar-refractivity contribution in [3.8, 4) is 73.3 Å². The molecule has 7 heteroatoms. The Bertz CT molecular complexity index is 4810. The molecule has 6 nitrogen and oxygen atoms in total. The van der Waals surface area contributed by atoms with Gasteiger partial charge in [0.2, 0.25) is 0 Å². The molecule has 0 atom stereocenters. The average Bonchev–Trinajstić information content (AvgIpc) is 1.72. The van der Waals surface area contributed by atoms with Gasteiger partial charge < -0.3 is 23.8 Å². The van der Waals surface area contributed by atoms with Gasteiger partial charge in [0.05, 0.1) is 13.7 Å². The molecular formula is C78H67N4O2Pt-3. The second kappa shape index (κ2) is 22.6. The van der Waals surface area contributed by atoms with Crippen molar-refractivity contribution in [1.82, 2.24) is 9.55 Å². The van der Waals surface area contributed by atoms with Gasteiger partial charge in [-0.3, -0.25) is 0 Å². The van der Waals surface area contributed by atoms with Crippen LogP contribution in [0.3, 0.4) is 0 Å².